The van der Waals surface area contributed by atoms with Crippen LogP contribution < -0.4 is 10.6 Å². The van der Waals surface area contributed by atoms with E-state index < -0.39 is 0 Å². The van der Waals surface area contributed by atoms with Crippen molar-refractivity contribution in [2.45, 2.75) is 18.9 Å². The van der Waals surface area contributed by atoms with Crippen LogP contribution in [0.4, 0.5) is 10.1 Å². The fraction of sp³-hybridized carbons (Fsp3) is 0.500. The first kappa shape index (κ1) is 10.4. The lowest BCUT2D eigenvalue weighted by Gasteiger charge is -2.29. The molecule has 3 heteroatoms. The molecule has 2 N–H and O–H groups in total. The van der Waals surface area contributed by atoms with Crippen LogP contribution in [0.1, 0.15) is 12.8 Å². The minimum Gasteiger partial charge on any atom is -0.368 e. The van der Waals surface area contributed by atoms with Crippen molar-refractivity contribution in [2.75, 3.05) is 18.5 Å². The number of nitrogens with two attached hydrogens (primary N) is 1. The zero-order chi connectivity index (χ0) is 10.8. The van der Waals surface area contributed by atoms with Crippen molar-refractivity contribution in [1.29, 1.82) is 0 Å². The van der Waals surface area contributed by atoms with Crippen molar-refractivity contribution >= 4 is 5.69 Å². The fourth-order valence-electron chi connectivity index (χ4n) is 2.06. The van der Waals surface area contributed by atoms with Gasteiger partial charge >= 0.3 is 0 Å². The molecule has 1 aromatic rings. The number of para-hydroxylation sites is 1. The topological polar surface area (TPSA) is 29.3 Å². The van der Waals surface area contributed by atoms with E-state index in [4.69, 9.17) is 5.73 Å². The predicted molar refractivity (Wildman–Crippen MR) is 60.4 cm³/mol. The van der Waals surface area contributed by atoms with E-state index in [0.717, 1.165) is 0 Å². The van der Waals surface area contributed by atoms with Gasteiger partial charge in [0.2, 0.25) is 0 Å². The van der Waals surface area contributed by atoms with Crippen molar-refractivity contribution < 1.29 is 4.39 Å². The Morgan fingerprint density at radius 1 is 1.47 bits per heavy atom. The SMILES string of the molecule is CN(c1ccccc1F)C(CN)C1CC1. The lowest BCUT2D eigenvalue weighted by molar-refractivity contribution is 0.551. The molecule has 0 spiro atoms. The van der Waals surface area contributed by atoms with Gasteiger partial charge in [-0.1, -0.05) is 12.1 Å². The third-order valence-electron chi connectivity index (χ3n) is 3.14. The Morgan fingerprint density at radius 2 is 2.13 bits per heavy atom. The number of nitrogens with zero attached hydrogens (tertiary/aromatic N) is 1. The Labute approximate surface area is 89.9 Å². The molecule has 82 valence electrons. The van der Waals surface area contributed by atoms with Gasteiger partial charge in [-0.25, -0.2) is 4.39 Å². The smallest absolute Gasteiger partial charge is 0.146 e. The largest absolute Gasteiger partial charge is 0.368 e. The summed E-state index contributed by atoms with van der Waals surface area (Å²) in [5.41, 5.74) is 6.39. The van der Waals surface area contributed by atoms with Gasteiger partial charge in [0, 0.05) is 19.6 Å². The number of anilines is 1. The molecule has 1 atom stereocenters. The Kier molecular flexibility index (Phi) is 2.91. The van der Waals surface area contributed by atoms with Gasteiger partial charge in [0.25, 0.3) is 0 Å². The summed E-state index contributed by atoms with van der Waals surface area (Å²) in [4.78, 5) is 1.98. The molecule has 1 unspecified atom stereocenters. The summed E-state index contributed by atoms with van der Waals surface area (Å²) >= 11 is 0. The third kappa shape index (κ3) is 2.12. The number of benzene rings is 1. The summed E-state index contributed by atoms with van der Waals surface area (Å²) in [6, 6.07) is 7.14. The Morgan fingerprint density at radius 3 is 2.67 bits per heavy atom. The van der Waals surface area contributed by atoms with Crippen molar-refractivity contribution in [1.82, 2.24) is 0 Å². The molecule has 1 aliphatic carbocycles. The zero-order valence-electron chi connectivity index (χ0n) is 8.99. The second-order valence-corrected chi connectivity index (χ2v) is 4.20. The van der Waals surface area contributed by atoms with Crippen LogP contribution in [-0.2, 0) is 0 Å². The molecule has 0 aromatic heterocycles. The molecule has 0 radical (unpaired) electrons. The van der Waals surface area contributed by atoms with E-state index in [1.165, 1.54) is 18.9 Å². The maximum Gasteiger partial charge on any atom is 0.146 e. The van der Waals surface area contributed by atoms with Gasteiger partial charge in [-0.3, -0.25) is 0 Å². The first-order chi connectivity index (χ1) is 7.24. The number of rotatable bonds is 4. The molecule has 15 heavy (non-hydrogen) atoms. The Hall–Kier alpha value is -1.09. The molecule has 2 nitrogen and oxygen atoms in total. The van der Waals surface area contributed by atoms with E-state index >= 15 is 0 Å². The monoisotopic (exact) mass is 208 g/mol. The predicted octanol–water partition coefficient (Wildman–Crippen LogP) is 2.00. The summed E-state index contributed by atoms with van der Waals surface area (Å²) in [5, 5.41) is 0. The van der Waals surface area contributed by atoms with E-state index in [0.29, 0.717) is 18.2 Å². The Balaban J connectivity index is 2.18. The molecule has 1 fully saturated rings. The van der Waals surface area contributed by atoms with Gasteiger partial charge < -0.3 is 10.6 Å². The summed E-state index contributed by atoms with van der Waals surface area (Å²) in [6.07, 6.45) is 2.45. The number of likely N-dealkylation sites (N-methyl/N-ethyl adjacent to an activating group) is 1. The molecule has 2 rings (SSSR count). The maximum absolute atomic E-state index is 13.5. The van der Waals surface area contributed by atoms with Crippen molar-refractivity contribution in [3.05, 3.63) is 30.1 Å². The van der Waals surface area contributed by atoms with Gasteiger partial charge in [-0.15, -0.1) is 0 Å². The maximum atomic E-state index is 13.5. The fourth-order valence-corrected chi connectivity index (χ4v) is 2.06. The average Bonchev–Trinajstić information content (AvgIpc) is 3.03. The number of halogens is 1. The van der Waals surface area contributed by atoms with E-state index in [-0.39, 0.29) is 11.9 Å². The highest BCUT2D eigenvalue weighted by molar-refractivity contribution is 5.48. The highest BCUT2D eigenvalue weighted by atomic mass is 19.1. The van der Waals surface area contributed by atoms with Crippen molar-refractivity contribution in [2.24, 2.45) is 11.7 Å². The van der Waals surface area contributed by atoms with Crippen LogP contribution in [0.25, 0.3) is 0 Å². The molecule has 1 aliphatic rings. The molecule has 0 bridgehead atoms. The van der Waals surface area contributed by atoms with E-state index in [9.17, 15) is 4.39 Å². The highest BCUT2D eigenvalue weighted by Gasteiger charge is 2.33. The zero-order valence-corrected chi connectivity index (χ0v) is 8.99. The van der Waals surface area contributed by atoms with Crippen LogP contribution in [0.15, 0.2) is 24.3 Å². The molecule has 0 aliphatic heterocycles. The minimum absolute atomic E-state index is 0.167. The normalized spacial score (nSPS) is 17.5. The number of hydrogen-bond donors (Lipinski definition) is 1. The average molecular weight is 208 g/mol. The molecule has 0 amide bonds. The second kappa shape index (κ2) is 4.19. The quantitative estimate of drug-likeness (QED) is 0.820. The van der Waals surface area contributed by atoms with Crippen LogP contribution >= 0.6 is 0 Å². The van der Waals surface area contributed by atoms with Gasteiger partial charge in [0.15, 0.2) is 0 Å². The van der Waals surface area contributed by atoms with Crippen LogP contribution in [0.5, 0.6) is 0 Å². The van der Waals surface area contributed by atoms with E-state index in [1.54, 1.807) is 12.1 Å². The van der Waals surface area contributed by atoms with Crippen molar-refractivity contribution in [3.63, 3.8) is 0 Å². The van der Waals surface area contributed by atoms with Crippen LogP contribution in [0.3, 0.4) is 0 Å². The van der Waals surface area contributed by atoms with Crippen LogP contribution in [0.2, 0.25) is 0 Å². The van der Waals surface area contributed by atoms with Gasteiger partial charge in [-0.2, -0.15) is 0 Å². The second-order valence-electron chi connectivity index (χ2n) is 4.20. The summed E-state index contributed by atoms with van der Waals surface area (Å²) in [5.74, 6) is 0.485. The first-order valence-electron chi connectivity index (χ1n) is 5.41. The lowest BCUT2D eigenvalue weighted by atomic mass is 10.1. The molecule has 1 aromatic carbocycles. The standard InChI is InChI=1S/C12H17FN2/c1-15(12(8-14)9-6-7-9)11-5-3-2-4-10(11)13/h2-5,9,12H,6-8,14H2,1H3. The van der Waals surface area contributed by atoms with Gasteiger partial charge in [0.1, 0.15) is 5.82 Å². The van der Waals surface area contributed by atoms with Crippen LogP contribution in [-0.4, -0.2) is 19.6 Å². The van der Waals surface area contributed by atoms with Gasteiger partial charge in [-0.05, 0) is 30.9 Å². The van der Waals surface area contributed by atoms with E-state index in [2.05, 4.69) is 0 Å². The number of hydrogen-bond acceptors (Lipinski definition) is 2. The Bertz CT molecular complexity index is 336. The van der Waals surface area contributed by atoms with Gasteiger partial charge in [0.05, 0.1) is 5.69 Å². The molecular weight excluding hydrogens is 191 g/mol. The summed E-state index contributed by atoms with van der Waals surface area (Å²) in [7, 11) is 1.92. The van der Waals surface area contributed by atoms with Crippen molar-refractivity contribution in [3.8, 4) is 0 Å². The first-order valence-corrected chi connectivity index (χ1v) is 5.41. The summed E-state index contributed by atoms with van der Waals surface area (Å²) in [6.45, 7) is 0.593. The molecule has 1 saturated carbocycles. The molecular formula is C12H17FN2. The van der Waals surface area contributed by atoms with E-state index in [1.807, 2.05) is 18.0 Å². The minimum atomic E-state index is -0.167. The third-order valence-corrected chi connectivity index (χ3v) is 3.14. The lowest BCUT2D eigenvalue weighted by Crippen LogP contribution is -2.40. The summed E-state index contributed by atoms with van der Waals surface area (Å²) < 4.78 is 13.5. The van der Waals surface area contributed by atoms with Crippen LogP contribution in [0, 0.1) is 11.7 Å². The molecule has 0 saturated heterocycles. The molecule has 0 heterocycles. The highest BCUT2D eigenvalue weighted by Crippen LogP contribution is 2.36.